The van der Waals surface area contributed by atoms with E-state index in [0.717, 1.165) is 10.5 Å². The molecule has 1 N–H and O–H groups in total. The molecule has 1 heterocycles. The SMILES string of the molecule is CC[C@@H](NC(=O)N1C/C(=N/Oc2ccccc2)N(Cc2c(OC)cc(OC)cc2OC)C[C@@H](Cc2cc(Cl)ccc2OC)C1=O)c1ccc(C(=O)OC(C)(C)C)cc1. The van der Waals surface area contributed by atoms with E-state index in [0.29, 0.717) is 62.7 Å². The summed E-state index contributed by atoms with van der Waals surface area (Å²) in [5.74, 6) is 1.11. The highest BCUT2D eigenvalue weighted by atomic mass is 35.5. The van der Waals surface area contributed by atoms with Crippen LogP contribution in [0.2, 0.25) is 5.02 Å². The minimum Gasteiger partial charge on any atom is -0.496 e. The van der Waals surface area contributed by atoms with Crippen LogP contribution in [-0.2, 0) is 22.5 Å². The number of hydrogen-bond acceptors (Lipinski definition) is 10. The molecule has 0 unspecified atom stereocenters. The Bertz CT molecular complexity index is 2060. The zero-order valence-corrected chi connectivity index (χ0v) is 34.9. The number of benzene rings is 4. The highest BCUT2D eigenvalue weighted by molar-refractivity contribution is 6.30. The van der Waals surface area contributed by atoms with Gasteiger partial charge in [-0.1, -0.05) is 54.0 Å². The molecule has 308 valence electrons. The van der Waals surface area contributed by atoms with Gasteiger partial charge in [0.05, 0.1) is 64.6 Å². The summed E-state index contributed by atoms with van der Waals surface area (Å²) >= 11 is 6.45. The van der Waals surface area contributed by atoms with Crippen molar-refractivity contribution in [3.05, 3.63) is 112 Å². The van der Waals surface area contributed by atoms with Crippen LogP contribution < -0.4 is 29.1 Å². The third-order valence-corrected chi connectivity index (χ3v) is 9.73. The fraction of sp³-hybridized carbons (Fsp3) is 0.364. The van der Waals surface area contributed by atoms with E-state index in [9.17, 15) is 14.4 Å². The van der Waals surface area contributed by atoms with Crippen molar-refractivity contribution < 1.29 is 42.9 Å². The van der Waals surface area contributed by atoms with Gasteiger partial charge in [0.25, 0.3) is 0 Å². The van der Waals surface area contributed by atoms with Crippen LogP contribution in [0.3, 0.4) is 0 Å². The largest absolute Gasteiger partial charge is 0.496 e. The van der Waals surface area contributed by atoms with Crippen LogP contribution >= 0.6 is 11.6 Å². The first-order chi connectivity index (χ1) is 27.8. The van der Waals surface area contributed by atoms with E-state index >= 15 is 0 Å². The number of oxime groups is 1. The Kier molecular flexibility index (Phi) is 14.5. The summed E-state index contributed by atoms with van der Waals surface area (Å²) in [5, 5.41) is 8.10. The number of urea groups is 1. The molecule has 1 aliphatic rings. The van der Waals surface area contributed by atoms with Gasteiger partial charge >= 0.3 is 12.0 Å². The maximum atomic E-state index is 14.8. The number of nitrogens with one attached hydrogen (secondary N) is 1. The maximum absolute atomic E-state index is 14.8. The van der Waals surface area contributed by atoms with E-state index in [4.69, 9.17) is 40.1 Å². The monoisotopic (exact) mass is 814 g/mol. The van der Waals surface area contributed by atoms with Gasteiger partial charge in [0, 0.05) is 23.7 Å². The smallest absolute Gasteiger partial charge is 0.338 e. The molecule has 0 radical (unpaired) electrons. The van der Waals surface area contributed by atoms with Crippen LogP contribution in [0, 0.1) is 5.92 Å². The lowest BCUT2D eigenvalue weighted by Crippen LogP contribution is -2.48. The highest BCUT2D eigenvalue weighted by Gasteiger charge is 2.39. The molecule has 0 saturated carbocycles. The van der Waals surface area contributed by atoms with Crippen LogP contribution in [0.4, 0.5) is 4.79 Å². The number of methoxy groups -OCH3 is 4. The second-order valence-electron chi connectivity index (χ2n) is 14.6. The molecule has 0 bridgehead atoms. The maximum Gasteiger partial charge on any atom is 0.338 e. The zero-order valence-electron chi connectivity index (χ0n) is 34.2. The van der Waals surface area contributed by atoms with Crippen molar-refractivity contribution in [2.45, 2.75) is 58.7 Å². The topological polar surface area (TPSA) is 137 Å². The Labute approximate surface area is 344 Å². The van der Waals surface area contributed by atoms with Gasteiger partial charge in [-0.15, -0.1) is 0 Å². The molecule has 58 heavy (non-hydrogen) atoms. The molecule has 14 heteroatoms. The lowest BCUT2D eigenvalue weighted by Gasteiger charge is -2.27. The molecule has 4 aromatic rings. The third kappa shape index (κ3) is 10.9. The van der Waals surface area contributed by atoms with Gasteiger partial charge in [0.2, 0.25) is 5.91 Å². The molecule has 1 fully saturated rings. The molecule has 0 spiro atoms. The Morgan fingerprint density at radius 3 is 2.10 bits per heavy atom. The summed E-state index contributed by atoms with van der Waals surface area (Å²) in [4.78, 5) is 51.0. The minimum atomic E-state index is -0.800. The van der Waals surface area contributed by atoms with Crippen molar-refractivity contribution in [1.29, 1.82) is 0 Å². The van der Waals surface area contributed by atoms with E-state index in [2.05, 4.69) is 10.5 Å². The lowest BCUT2D eigenvalue weighted by molar-refractivity contribution is -0.131. The average molecular weight is 815 g/mol. The predicted molar refractivity (Wildman–Crippen MR) is 221 cm³/mol. The van der Waals surface area contributed by atoms with Gasteiger partial charge < -0.3 is 38.7 Å². The van der Waals surface area contributed by atoms with Crippen LogP contribution in [0.5, 0.6) is 28.7 Å². The van der Waals surface area contributed by atoms with Gasteiger partial charge in [-0.3, -0.25) is 9.69 Å². The van der Waals surface area contributed by atoms with Gasteiger partial charge in [0.1, 0.15) is 28.6 Å². The number of esters is 1. The van der Waals surface area contributed by atoms with Gasteiger partial charge in [-0.05, 0) is 87.2 Å². The first-order valence-electron chi connectivity index (χ1n) is 18.9. The Hall–Kier alpha value is -5.95. The number of ether oxygens (including phenoxy) is 5. The lowest BCUT2D eigenvalue weighted by atomic mass is 9.96. The molecule has 5 rings (SSSR count). The predicted octanol–water partition coefficient (Wildman–Crippen LogP) is 8.09. The van der Waals surface area contributed by atoms with E-state index < -0.39 is 35.5 Å². The molecule has 0 aliphatic carbocycles. The number of imide groups is 1. The van der Waals surface area contributed by atoms with Crippen LogP contribution in [0.1, 0.15) is 67.2 Å². The van der Waals surface area contributed by atoms with Crippen LogP contribution in [0.25, 0.3) is 0 Å². The van der Waals surface area contributed by atoms with Crippen molar-refractivity contribution in [2.75, 3.05) is 41.5 Å². The van der Waals surface area contributed by atoms with Crippen molar-refractivity contribution >= 4 is 35.3 Å². The van der Waals surface area contributed by atoms with Gasteiger partial charge in [-0.2, -0.15) is 0 Å². The summed E-state index contributed by atoms with van der Waals surface area (Å²) in [6, 6.07) is 23.4. The second-order valence-corrected chi connectivity index (χ2v) is 15.1. The second kappa shape index (κ2) is 19.5. The molecule has 2 atom stereocenters. The molecule has 13 nitrogen and oxygen atoms in total. The number of nitrogens with zero attached hydrogens (tertiary/aromatic N) is 3. The first-order valence-corrected chi connectivity index (χ1v) is 19.3. The van der Waals surface area contributed by atoms with E-state index in [-0.39, 0.29) is 26.1 Å². The van der Waals surface area contributed by atoms with Gasteiger partial charge in [-0.25, -0.2) is 9.59 Å². The van der Waals surface area contributed by atoms with Crippen molar-refractivity contribution in [3.8, 4) is 28.7 Å². The van der Waals surface area contributed by atoms with Gasteiger partial charge in [0.15, 0.2) is 11.6 Å². The first kappa shape index (κ1) is 43.2. The number of amidine groups is 1. The fourth-order valence-corrected chi connectivity index (χ4v) is 6.77. The fourth-order valence-electron chi connectivity index (χ4n) is 6.58. The molecule has 3 amide bonds. The Balaban J connectivity index is 1.56. The zero-order chi connectivity index (χ0) is 42.0. The van der Waals surface area contributed by atoms with E-state index in [1.807, 2.05) is 30.0 Å². The number of amides is 3. The minimum absolute atomic E-state index is 0.108. The standard InChI is InChI=1S/C44H51ClN4O9/c1-9-36(28-15-17-29(18-16-28)42(51)57-44(2,3)4)46-43(52)49-27-40(47-58-33-13-11-10-12-14-33)48(26-35-38(55-7)23-34(53-5)24-39(35)56-8)25-31(41(49)50)21-30-22-32(45)19-20-37(30)54-6/h10-20,22-24,31,36H,9,21,25-27H2,1-8H3,(H,46,52)/b47-40-/t31-,36-/m1/s1. The number of para-hydroxylation sites is 1. The summed E-state index contributed by atoms with van der Waals surface area (Å²) < 4.78 is 28.3. The molecular formula is C44H51ClN4O9. The van der Waals surface area contributed by atoms with Crippen molar-refractivity contribution in [1.82, 2.24) is 15.1 Å². The number of halogens is 1. The number of carbonyl (C=O) groups excluding carboxylic acids is 3. The van der Waals surface area contributed by atoms with E-state index in [1.165, 1.54) is 0 Å². The Morgan fingerprint density at radius 1 is 0.862 bits per heavy atom. The summed E-state index contributed by atoms with van der Waals surface area (Å²) in [7, 11) is 6.20. The molecule has 0 aromatic heterocycles. The number of rotatable bonds is 14. The number of carbonyl (C=O) groups is 3. The Morgan fingerprint density at radius 2 is 1.52 bits per heavy atom. The number of hydrogen-bond donors (Lipinski definition) is 1. The van der Waals surface area contributed by atoms with Crippen molar-refractivity contribution in [2.24, 2.45) is 11.1 Å². The molecule has 1 saturated heterocycles. The van der Waals surface area contributed by atoms with E-state index in [1.54, 1.807) is 116 Å². The average Bonchev–Trinajstić information content (AvgIpc) is 3.34. The normalized spacial score (nSPS) is 15.6. The summed E-state index contributed by atoms with van der Waals surface area (Å²) in [5.41, 5.74) is 1.81. The highest BCUT2D eigenvalue weighted by Crippen LogP contribution is 2.36. The third-order valence-electron chi connectivity index (χ3n) is 9.49. The molecular weight excluding hydrogens is 764 g/mol. The molecule has 1 aliphatic heterocycles. The van der Waals surface area contributed by atoms with Crippen LogP contribution in [-0.4, -0.2) is 80.7 Å². The summed E-state index contributed by atoms with van der Waals surface area (Å²) in [6.45, 7) is 7.35. The molecule has 4 aromatic carbocycles. The van der Waals surface area contributed by atoms with Crippen LogP contribution in [0.15, 0.2) is 90.1 Å². The van der Waals surface area contributed by atoms with Crippen molar-refractivity contribution in [3.63, 3.8) is 0 Å². The quantitative estimate of drug-likeness (QED) is 0.0983. The summed E-state index contributed by atoms with van der Waals surface area (Å²) in [6.07, 6.45) is 0.666.